The number of carbonyl (C=O) groups is 2. The first-order valence-corrected chi connectivity index (χ1v) is 19.9. The second-order valence-corrected chi connectivity index (χ2v) is 18.0. The molecule has 1 amide bonds. The zero-order valence-corrected chi connectivity index (χ0v) is 32.4. The molecule has 3 aliphatic rings. The number of rotatable bonds is 12. The number of carboxylic acids is 1. The Kier molecular flexibility index (Phi) is 10.9. The van der Waals surface area contributed by atoms with E-state index in [2.05, 4.69) is 20.0 Å². The van der Waals surface area contributed by atoms with Crippen LogP contribution in [0.2, 0.25) is 0 Å². The van der Waals surface area contributed by atoms with Crippen molar-refractivity contribution < 1.29 is 45.8 Å². The molecule has 3 aromatic rings. The standard InChI is InChI=1S/C39H48F3N5O7S/c1-24-8-6-9-25(2)32(24)30-19-31(45-34(44-30)46-55(51,52)29-11-7-10-26(18-29)33(48)49)53-23-28(22-38(12-13-38)39(40,41)42)43-27-20-37(21-27)14-16-47(17-15-37)35(50)54-36(3,4)5/h6-11,18-19,27-28,43H,12-17,20-23H2,1-5H3,(H,48,49)(H,44,45,46)/t28-/m1/s1. The van der Waals surface area contributed by atoms with E-state index in [0.717, 1.165) is 42.9 Å². The molecule has 2 aromatic carbocycles. The zero-order valence-electron chi connectivity index (χ0n) is 31.6. The number of ether oxygens (including phenoxy) is 2. The average molecular weight is 788 g/mol. The van der Waals surface area contributed by atoms with E-state index in [-0.39, 0.29) is 65.7 Å². The molecule has 3 fully saturated rings. The number of piperidine rings is 1. The number of nitrogens with one attached hydrogen (secondary N) is 2. The fourth-order valence-electron chi connectivity index (χ4n) is 7.78. The Bertz CT molecular complexity index is 2010. The van der Waals surface area contributed by atoms with Crippen molar-refractivity contribution in [2.45, 2.75) is 108 Å². The molecule has 1 saturated heterocycles. The van der Waals surface area contributed by atoms with Gasteiger partial charge in [0, 0.05) is 36.8 Å². The summed E-state index contributed by atoms with van der Waals surface area (Å²) < 4.78 is 83.6. The highest BCUT2D eigenvalue weighted by Gasteiger charge is 2.63. The van der Waals surface area contributed by atoms with E-state index in [1.807, 2.05) is 52.8 Å². The molecule has 2 saturated carbocycles. The van der Waals surface area contributed by atoms with Crippen molar-refractivity contribution in [3.8, 4) is 17.1 Å². The van der Waals surface area contributed by atoms with Gasteiger partial charge in [-0.05, 0) is 114 Å². The number of hydrogen-bond donors (Lipinski definition) is 3. The van der Waals surface area contributed by atoms with Crippen molar-refractivity contribution in [3.63, 3.8) is 0 Å². The molecule has 298 valence electrons. The lowest BCUT2D eigenvalue weighted by atomic mass is 9.60. The second kappa shape index (κ2) is 14.9. The van der Waals surface area contributed by atoms with E-state index in [4.69, 9.17) is 9.47 Å². The van der Waals surface area contributed by atoms with Crippen LogP contribution in [0.4, 0.5) is 23.9 Å². The van der Waals surface area contributed by atoms with E-state index in [1.54, 1.807) is 4.90 Å². The molecule has 2 heterocycles. The van der Waals surface area contributed by atoms with Crippen molar-refractivity contribution in [3.05, 3.63) is 65.2 Å². The molecular formula is C39H48F3N5O7S. The summed E-state index contributed by atoms with van der Waals surface area (Å²) in [5.74, 6) is -1.70. The maximum absolute atomic E-state index is 14.2. The van der Waals surface area contributed by atoms with Gasteiger partial charge < -0.3 is 24.8 Å². The first kappa shape index (κ1) is 40.2. The number of carboxylic acid groups (broad SMARTS) is 1. The molecule has 2 aliphatic carbocycles. The Morgan fingerprint density at radius 3 is 2.20 bits per heavy atom. The van der Waals surface area contributed by atoms with Crippen molar-refractivity contribution >= 4 is 28.0 Å². The van der Waals surface area contributed by atoms with Gasteiger partial charge in [-0.1, -0.05) is 24.3 Å². The molecule has 3 N–H and O–H groups in total. The number of aryl methyl sites for hydroxylation is 2. The number of carbonyl (C=O) groups excluding carboxylic acids is 1. The normalized spacial score (nSPS) is 18.7. The molecule has 1 aromatic heterocycles. The topological polar surface area (TPSA) is 160 Å². The van der Waals surface area contributed by atoms with Gasteiger partial charge in [0.05, 0.1) is 21.6 Å². The number of aromatic nitrogens is 2. The van der Waals surface area contributed by atoms with Crippen LogP contribution in [0.25, 0.3) is 11.3 Å². The largest absolute Gasteiger partial charge is 0.478 e. The maximum atomic E-state index is 14.2. The van der Waals surface area contributed by atoms with Crippen molar-refractivity contribution in [1.29, 1.82) is 0 Å². The van der Waals surface area contributed by atoms with Gasteiger partial charge in [0.25, 0.3) is 10.0 Å². The number of nitrogens with zero attached hydrogens (tertiary/aromatic N) is 3. The smallest absolute Gasteiger partial charge is 0.410 e. The number of aromatic carboxylic acids is 1. The minimum Gasteiger partial charge on any atom is -0.478 e. The van der Waals surface area contributed by atoms with Crippen molar-refractivity contribution in [1.82, 2.24) is 20.2 Å². The Morgan fingerprint density at radius 1 is 0.982 bits per heavy atom. The number of halogens is 3. The summed E-state index contributed by atoms with van der Waals surface area (Å²) in [5, 5.41) is 12.8. The Hall–Kier alpha value is -4.44. The zero-order chi connectivity index (χ0) is 40.0. The van der Waals surface area contributed by atoms with Crippen LogP contribution in [-0.4, -0.2) is 84.0 Å². The highest BCUT2D eigenvalue weighted by Crippen LogP contribution is 2.60. The first-order chi connectivity index (χ1) is 25.7. The summed E-state index contributed by atoms with van der Waals surface area (Å²) in [4.78, 5) is 34.3. The molecule has 55 heavy (non-hydrogen) atoms. The lowest BCUT2D eigenvalue weighted by Gasteiger charge is -2.53. The summed E-state index contributed by atoms with van der Waals surface area (Å²) in [7, 11) is -4.37. The predicted molar refractivity (Wildman–Crippen MR) is 198 cm³/mol. The minimum atomic E-state index is -4.38. The van der Waals surface area contributed by atoms with Crippen molar-refractivity contribution in [2.75, 3.05) is 24.4 Å². The molecular weight excluding hydrogens is 740 g/mol. The summed E-state index contributed by atoms with van der Waals surface area (Å²) >= 11 is 0. The quantitative estimate of drug-likeness (QED) is 0.168. The monoisotopic (exact) mass is 787 g/mol. The second-order valence-electron chi connectivity index (χ2n) is 16.3. The third-order valence-corrected chi connectivity index (χ3v) is 12.2. The fraction of sp³-hybridized carbons (Fsp3) is 0.538. The van der Waals surface area contributed by atoms with E-state index in [0.29, 0.717) is 24.3 Å². The molecule has 1 aliphatic heterocycles. The average Bonchev–Trinajstić information content (AvgIpc) is 3.87. The van der Waals surface area contributed by atoms with Gasteiger partial charge in [-0.3, -0.25) is 0 Å². The Balaban J connectivity index is 1.21. The SMILES string of the molecule is Cc1cccc(C)c1-c1cc(OC[C@@H](CC2(C(F)(F)F)CC2)NC2CC3(CCN(C(=O)OC(C)(C)C)CC3)C2)nc(NS(=O)(=O)c2cccc(C(=O)O)c2)n1. The molecule has 12 nitrogen and oxygen atoms in total. The van der Waals surface area contributed by atoms with Crippen LogP contribution in [-0.2, 0) is 14.8 Å². The van der Waals surface area contributed by atoms with E-state index >= 15 is 0 Å². The van der Waals surface area contributed by atoms with Gasteiger partial charge in [0.15, 0.2) is 0 Å². The summed E-state index contributed by atoms with van der Waals surface area (Å²) in [6.45, 7) is 10.1. The predicted octanol–water partition coefficient (Wildman–Crippen LogP) is 7.51. The van der Waals surface area contributed by atoms with E-state index in [9.17, 15) is 36.3 Å². The Morgan fingerprint density at radius 2 is 1.62 bits per heavy atom. The molecule has 1 atom stereocenters. The van der Waals surface area contributed by atoms with E-state index < -0.39 is 39.2 Å². The maximum Gasteiger partial charge on any atom is 0.410 e. The lowest BCUT2D eigenvalue weighted by Crippen LogP contribution is -2.57. The summed E-state index contributed by atoms with van der Waals surface area (Å²) in [5.41, 5.74) is 0.0571. The first-order valence-electron chi connectivity index (χ1n) is 18.4. The van der Waals surface area contributed by atoms with Crippen LogP contribution in [0.15, 0.2) is 53.4 Å². The van der Waals surface area contributed by atoms with Gasteiger partial charge in [0.1, 0.15) is 12.2 Å². The molecule has 6 rings (SSSR count). The van der Waals surface area contributed by atoms with Crippen LogP contribution in [0.5, 0.6) is 5.88 Å². The highest BCUT2D eigenvalue weighted by atomic mass is 32.2. The molecule has 1 spiro atoms. The minimum absolute atomic E-state index is 0.00805. The molecule has 16 heteroatoms. The highest BCUT2D eigenvalue weighted by molar-refractivity contribution is 7.92. The van der Waals surface area contributed by atoms with Crippen LogP contribution in [0.1, 0.15) is 87.2 Å². The Labute approximate surface area is 319 Å². The third kappa shape index (κ3) is 9.34. The molecule has 0 bridgehead atoms. The van der Waals surface area contributed by atoms with Gasteiger partial charge >= 0.3 is 18.2 Å². The van der Waals surface area contributed by atoms with Gasteiger partial charge in [-0.25, -0.2) is 27.7 Å². The summed E-state index contributed by atoms with van der Waals surface area (Å²) in [6.07, 6.45) is -1.79. The molecule has 0 radical (unpaired) electrons. The third-order valence-electron chi connectivity index (χ3n) is 10.9. The lowest BCUT2D eigenvalue weighted by molar-refractivity contribution is -0.191. The molecule has 0 unspecified atom stereocenters. The van der Waals surface area contributed by atoms with Crippen molar-refractivity contribution in [2.24, 2.45) is 10.8 Å². The fourth-order valence-corrected chi connectivity index (χ4v) is 8.77. The van der Waals surface area contributed by atoms with Crippen LogP contribution in [0.3, 0.4) is 0 Å². The number of likely N-dealkylation sites (tertiary alicyclic amines) is 1. The number of amides is 1. The number of alkyl halides is 3. The number of anilines is 1. The number of hydrogen-bond acceptors (Lipinski definition) is 9. The number of sulfonamides is 1. The number of benzene rings is 2. The van der Waals surface area contributed by atoms with Crippen LogP contribution >= 0.6 is 0 Å². The van der Waals surface area contributed by atoms with Crippen LogP contribution in [0, 0.1) is 24.7 Å². The van der Waals surface area contributed by atoms with Gasteiger partial charge in [-0.15, -0.1) is 0 Å². The van der Waals surface area contributed by atoms with Gasteiger partial charge in [-0.2, -0.15) is 18.2 Å². The van der Waals surface area contributed by atoms with E-state index in [1.165, 1.54) is 24.3 Å². The summed E-state index contributed by atoms with van der Waals surface area (Å²) in [6, 6.07) is 11.2. The van der Waals surface area contributed by atoms with Gasteiger partial charge in [0.2, 0.25) is 11.8 Å². The van der Waals surface area contributed by atoms with Crippen LogP contribution < -0.4 is 14.8 Å².